The van der Waals surface area contributed by atoms with Gasteiger partial charge in [-0.25, -0.2) is 8.42 Å². The van der Waals surface area contributed by atoms with Crippen LogP contribution in [0.5, 0.6) is 0 Å². The summed E-state index contributed by atoms with van der Waals surface area (Å²) in [5.74, 6) is 1.08. The van der Waals surface area contributed by atoms with Crippen LogP contribution in [0.3, 0.4) is 0 Å². The molecule has 1 heterocycles. The fraction of sp³-hybridized carbons (Fsp3) is 1.00. The van der Waals surface area contributed by atoms with Crippen LogP contribution in [0.15, 0.2) is 0 Å². The Kier molecular flexibility index (Phi) is 3.02. The molecule has 0 aromatic rings. The molecule has 1 atom stereocenters. The van der Waals surface area contributed by atoms with Gasteiger partial charge < -0.3 is 5.73 Å². The molecule has 1 rings (SSSR count). The summed E-state index contributed by atoms with van der Waals surface area (Å²) in [5.41, 5.74) is 5.69. The molecule has 0 aliphatic carbocycles. The second-order valence-corrected chi connectivity index (χ2v) is 7.07. The van der Waals surface area contributed by atoms with Crippen LogP contribution in [0.25, 0.3) is 0 Å². The van der Waals surface area contributed by atoms with Gasteiger partial charge >= 0.3 is 0 Å². The largest absolute Gasteiger partial charge is 0.330 e. The van der Waals surface area contributed by atoms with Crippen molar-refractivity contribution in [3.05, 3.63) is 0 Å². The van der Waals surface area contributed by atoms with Gasteiger partial charge in [0.05, 0.1) is 11.5 Å². The van der Waals surface area contributed by atoms with Gasteiger partial charge in [0.15, 0.2) is 9.84 Å². The topological polar surface area (TPSA) is 60.2 Å². The molecule has 0 aromatic carbocycles. The van der Waals surface area contributed by atoms with Crippen LogP contribution in [-0.4, -0.2) is 26.5 Å². The van der Waals surface area contributed by atoms with Gasteiger partial charge in [-0.2, -0.15) is 0 Å². The summed E-state index contributed by atoms with van der Waals surface area (Å²) in [6, 6.07) is 0. The van der Waals surface area contributed by atoms with E-state index >= 15 is 0 Å². The minimum Gasteiger partial charge on any atom is -0.330 e. The Morgan fingerprint density at radius 2 is 2.08 bits per heavy atom. The third-order valence-electron chi connectivity index (χ3n) is 2.72. The first-order valence-corrected chi connectivity index (χ1v) is 6.57. The molecule has 2 N–H and O–H groups in total. The Balaban J connectivity index is 2.50. The average Bonchev–Trinajstić information content (AvgIpc) is 2.29. The van der Waals surface area contributed by atoms with E-state index in [0.717, 1.165) is 12.8 Å². The predicted molar refractivity (Wildman–Crippen MR) is 54.2 cm³/mol. The zero-order valence-corrected chi connectivity index (χ0v) is 9.23. The lowest BCUT2D eigenvalue weighted by molar-refractivity contribution is 0.289. The number of hydrogen-bond acceptors (Lipinski definition) is 3. The summed E-state index contributed by atoms with van der Waals surface area (Å²) >= 11 is 0. The molecule has 0 saturated carbocycles. The van der Waals surface area contributed by atoms with Crippen molar-refractivity contribution in [2.24, 2.45) is 17.1 Å². The van der Waals surface area contributed by atoms with Crippen molar-refractivity contribution < 1.29 is 8.42 Å². The molecule has 1 saturated heterocycles. The van der Waals surface area contributed by atoms with E-state index in [1.54, 1.807) is 0 Å². The number of nitrogens with two attached hydrogens (primary N) is 1. The van der Waals surface area contributed by atoms with Crippen LogP contribution < -0.4 is 5.73 Å². The van der Waals surface area contributed by atoms with Crippen molar-refractivity contribution >= 4 is 9.84 Å². The van der Waals surface area contributed by atoms with Gasteiger partial charge in [0.1, 0.15) is 0 Å². The smallest absolute Gasteiger partial charge is 0.150 e. The van der Waals surface area contributed by atoms with E-state index in [-0.39, 0.29) is 5.41 Å². The van der Waals surface area contributed by atoms with Gasteiger partial charge in [-0.3, -0.25) is 0 Å². The highest BCUT2D eigenvalue weighted by Crippen LogP contribution is 2.30. The lowest BCUT2D eigenvalue weighted by Gasteiger charge is -2.25. The molecule has 0 bridgehead atoms. The predicted octanol–water partition coefficient (Wildman–Crippen LogP) is 0.796. The fourth-order valence-electron chi connectivity index (χ4n) is 1.90. The number of hydrogen-bond donors (Lipinski definition) is 1. The number of sulfone groups is 1. The monoisotopic (exact) mass is 205 g/mol. The molecule has 3 nitrogen and oxygen atoms in total. The lowest BCUT2D eigenvalue weighted by atomic mass is 9.83. The first-order chi connectivity index (χ1) is 5.85. The molecule has 4 heteroatoms. The molecule has 1 aliphatic heterocycles. The third kappa shape index (κ3) is 3.27. The highest BCUT2D eigenvalue weighted by Gasteiger charge is 2.31. The van der Waals surface area contributed by atoms with Gasteiger partial charge in [0.25, 0.3) is 0 Å². The normalized spacial score (nSPS) is 27.8. The summed E-state index contributed by atoms with van der Waals surface area (Å²) in [4.78, 5) is 0. The maximum Gasteiger partial charge on any atom is 0.150 e. The van der Waals surface area contributed by atoms with Gasteiger partial charge in [-0.15, -0.1) is 0 Å². The molecule has 0 radical (unpaired) electrons. The molecule has 1 unspecified atom stereocenters. The first-order valence-electron chi connectivity index (χ1n) is 4.75. The zero-order valence-electron chi connectivity index (χ0n) is 8.41. The molecule has 0 spiro atoms. The fourth-order valence-corrected chi connectivity index (χ4v) is 3.76. The lowest BCUT2D eigenvalue weighted by Crippen LogP contribution is -2.26. The first kappa shape index (κ1) is 11.0. The van der Waals surface area contributed by atoms with Crippen LogP contribution in [0.1, 0.15) is 26.7 Å². The van der Waals surface area contributed by atoms with Crippen LogP contribution in [0.2, 0.25) is 0 Å². The Morgan fingerprint density at radius 1 is 1.46 bits per heavy atom. The van der Waals surface area contributed by atoms with E-state index < -0.39 is 9.84 Å². The van der Waals surface area contributed by atoms with Crippen molar-refractivity contribution in [1.29, 1.82) is 0 Å². The van der Waals surface area contributed by atoms with Crippen LogP contribution in [-0.2, 0) is 9.84 Å². The second kappa shape index (κ2) is 3.58. The molecule has 1 aliphatic rings. The Hall–Kier alpha value is -0.0900. The van der Waals surface area contributed by atoms with Crippen LogP contribution >= 0.6 is 0 Å². The highest BCUT2D eigenvalue weighted by molar-refractivity contribution is 7.91. The molecule has 0 aromatic heterocycles. The van der Waals surface area contributed by atoms with E-state index in [1.165, 1.54) is 0 Å². The van der Waals surface area contributed by atoms with Gasteiger partial charge in [-0.05, 0) is 30.7 Å². The Bertz CT molecular complexity index is 269. The Labute approximate surface area is 80.6 Å². The van der Waals surface area contributed by atoms with E-state index in [0.29, 0.717) is 24.0 Å². The van der Waals surface area contributed by atoms with Gasteiger partial charge in [0, 0.05) is 0 Å². The molecular formula is C9H19NO2S. The summed E-state index contributed by atoms with van der Waals surface area (Å²) in [5, 5.41) is 0. The second-order valence-electron chi connectivity index (χ2n) is 4.84. The Morgan fingerprint density at radius 3 is 2.46 bits per heavy atom. The average molecular weight is 205 g/mol. The van der Waals surface area contributed by atoms with Crippen molar-refractivity contribution in [2.45, 2.75) is 26.7 Å². The summed E-state index contributed by atoms with van der Waals surface area (Å²) in [6.07, 6.45) is 1.76. The standard InChI is InChI=1S/C9H19NO2S/c1-9(2,7-10)5-8-3-4-13(11,12)6-8/h8H,3-7,10H2,1-2H3. The van der Waals surface area contributed by atoms with E-state index in [4.69, 9.17) is 5.73 Å². The third-order valence-corrected chi connectivity index (χ3v) is 4.56. The van der Waals surface area contributed by atoms with Crippen LogP contribution in [0, 0.1) is 11.3 Å². The van der Waals surface area contributed by atoms with Gasteiger partial charge in [0.2, 0.25) is 0 Å². The maximum absolute atomic E-state index is 11.2. The molecule has 0 amide bonds. The quantitative estimate of drug-likeness (QED) is 0.741. The number of rotatable bonds is 3. The minimum absolute atomic E-state index is 0.0878. The zero-order chi connectivity index (χ0) is 10.1. The van der Waals surface area contributed by atoms with Crippen molar-refractivity contribution in [2.75, 3.05) is 18.1 Å². The van der Waals surface area contributed by atoms with Crippen molar-refractivity contribution in [1.82, 2.24) is 0 Å². The minimum atomic E-state index is -2.72. The summed E-state index contributed by atoms with van der Waals surface area (Å²) in [6.45, 7) is 4.82. The van der Waals surface area contributed by atoms with Crippen molar-refractivity contribution in [3.8, 4) is 0 Å². The molecule has 78 valence electrons. The summed E-state index contributed by atoms with van der Waals surface area (Å²) in [7, 11) is -2.72. The van der Waals surface area contributed by atoms with E-state index in [2.05, 4.69) is 13.8 Å². The molecule has 1 fully saturated rings. The van der Waals surface area contributed by atoms with E-state index in [1.807, 2.05) is 0 Å². The van der Waals surface area contributed by atoms with Crippen molar-refractivity contribution in [3.63, 3.8) is 0 Å². The molecular weight excluding hydrogens is 186 g/mol. The van der Waals surface area contributed by atoms with E-state index in [9.17, 15) is 8.42 Å². The van der Waals surface area contributed by atoms with Crippen LogP contribution in [0.4, 0.5) is 0 Å². The molecule has 13 heavy (non-hydrogen) atoms. The SMILES string of the molecule is CC(C)(CN)CC1CCS(=O)(=O)C1. The van der Waals surface area contributed by atoms with Gasteiger partial charge in [-0.1, -0.05) is 13.8 Å². The maximum atomic E-state index is 11.2. The highest BCUT2D eigenvalue weighted by atomic mass is 32.2. The summed E-state index contributed by atoms with van der Waals surface area (Å²) < 4.78 is 22.4.